The number of nitrogens with one attached hydrogen (secondary N) is 1. The summed E-state index contributed by atoms with van der Waals surface area (Å²) in [4.78, 5) is 37.8. The lowest BCUT2D eigenvalue weighted by Gasteiger charge is -2.00. The zero-order valence-corrected chi connectivity index (χ0v) is 9.43. The molecule has 0 atom stereocenters. The van der Waals surface area contributed by atoms with Crippen LogP contribution in [0.4, 0.5) is 0 Å². The highest BCUT2D eigenvalue weighted by molar-refractivity contribution is 7.78. The van der Waals surface area contributed by atoms with Crippen LogP contribution in [0.1, 0.15) is 0 Å². The Morgan fingerprint density at radius 2 is 1.94 bits per heavy atom. The first-order valence-electron chi connectivity index (χ1n) is 4.10. The fraction of sp³-hybridized carbons (Fsp3) is 0.286. The van der Waals surface area contributed by atoms with E-state index in [4.69, 9.17) is 4.91 Å². The van der Waals surface area contributed by atoms with E-state index in [1.54, 1.807) is 7.05 Å². The molecule has 8 nitrogen and oxygen atoms in total. The van der Waals surface area contributed by atoms with Crippen molar-refractivity contribution in [3.8, 4) is 0 Å². The molecule has 0 amide bonds. The van der Waals surface area contributed by atoms with Crippen molar-refractivity contribution in [1.82, 2.24) is 19.1 Å². The molecule has 9 heteroatoms. The number of aromatic amines is 1. The smallest absolute Gasteiger partial charge is 0.332 e. The van der Waals surface area contributed by atoms with Gasteiger partial charge in [-0.05, 0) is 0 Å². The number of H-pyrrole nitrogens is 1. The highest BCUT2D eigenvalue weighted by Crippen LogP contribution is 1.97. The van der Waals surface area contributed by atoms with Crippen LogP contribution < -0.4 is 11.2 Å². The normalized spacial score (nSPS) is 9.69. The number of hydrogen-bond donors (Lipinski definition) is 2. The number of aromatic nitrogens is 4. The minimum Gasteiger partial charge on any atom is -0.339 e. The van der Waals surface area contributed by atoms with Crippen LogP contribution in [0.5, 0.6) is 0 Å². The van der Waals surface area contributed by atoms with E-state index in [0.29, 0.717) is 11.2 Å². The number of hydrogen-bond acceptors (Lipinski definition) is 5. The number of nitrogens with zero attached hydrogens (tertiary/aromatic N) is 4. The maximum Gasteiger partial charge on any atom is 0.332 e. The van der Waals surface area contributed by atoms with Gasteiger partial charge in [0.2, 0.25) is 0 Å². The molecule has 0 fully saturated rings. The summed E-state index contributed by atoms with van der Waals surface area (Å²) in [7, 11) is 3.01. The second kappa shape index (κ2) is 4.75. The summed E-state index contributed by atoms with van der Waals surface area (Å²) in [5.41, 5.74) is 0.0119. The molecule has 0 saturated carbocycles. The number of nitroso groups, excluding NO2 is 1. The van der Waals surface area contributed by atoms with Crippen molar-refractivity contribution in [3.05, 3.63) is 32.1 Å². The average molecular weight is 243 g/mol. The summed E-state index contributed by atoms with van der Waals surface area (Å²) in [6.45, 7) is 0. The number of aryl methyl sites for hydroxylation is 1. The van der Waals surface area contributed by atoms with Crippen molar-refractivity contribution < 1.29 is 0 Å². The Bertz CT molecular complexity index is 625. The molecule has 0 spiro atoms. The summed E-state index contributed by atoms with van der Waals surface area (Å²) in [6, 6.07) is 0. The van der Waals surface area contributed by atoms with Gasteiger partial charge in [-0.3, -0.25) is 13.9 Å². The Kier molecular flexibility index (Phi) is 3.61. The molecule has 2 rings (SSSR count). The standard InChI is InChI=1S/C7H8N4O2.HNOS/c1-10-5-4(8-3-9-5)6(12)11(2)7(10)13;2-1-3/h3H,1-2H3,(H,8,9);(H,2,3). The number of rotatable bonds is 0. The lowest BCUT2D eigenvalue weighted by Crippen LogP contribution is -2.36. The van der Waals surface area contributed by atoms with E-state index in [1.807, 2.05) is 4.58 Å². The molecule has 0 unspecified atom stereocenters. The molecule has 0 saturated heterocycles. The van der Waals surface area contributed by atoms with Gasteiger partial charge in [0.1, 0.15) is 5.52 Å². The average Bonchev–Trinajstić information content (AvgIpc) is 2.73. The second-order valence-corrected chi connectivity index (χ2v) is 3.05. The maximum atomic E-state index is 11.4. The number of fused-ring (bicyclic) bond motifs is 1. The summed E-state index contributed by atoms with van der Waals surface area (Å²) < 4.78 is 4.31. The van der Waals surface area contributed by atoms with E-state index in [1.165, 1.54) is 17.9 Å². The highest BCUT2D eigenvalue weighted by atomic mass is 32.1. The monoisotopic (exact) mass is 243 g/mol. The van der Waals surface area contributed by atoms with Gasteiger partial charge < -0.3 is 4.98 Å². The van der Waals surface area contributed by atoms with Crippen molar-refractivity contribution in [2.45, 2.75) is 0 Å². The van der Waals surface area contributed by atoms with Gasteiger partial charge in [0, 0.05) is 31.5 Å². The van der Waals surface area contributed by atoms with Crippen LogP contribution in [0.15, 0.2) is 20.5 Å². The lowest BCUT2D eigenvalue weighted by atomic mass is 10.5. The largest absolute Gasteiger partial charge is 0.339 e. The number of thiol groups is 1. The van der Waals surface area contributed by atoms with E-state index >= 15 is 0 Å². The molecule has 0 aliphatic rings. The van der Waals surface area contributed by atoms with Gasteiger partial charge in [0.25, 0.3) is 5.56 Å². The molecule has 0 aliphatic carbocycles. The first-order valence-corrected chi connectivity index (χ1v) is 4.50. The topological polar surface area (TPSA) is 102 Å². The second-order valence-electron chi connectivity index (χ2n) is 2.89. The minimum absolute atomic E-state index is 0.351. The van der Waals surface area contributed by atoms with Crippen molar-refractivity contribution in [1.29, 1.82) is 0 Å². The molecule has 1 N–H and O–H groups in total. The van der Waals surface area contributed by atoms with Gasteiger partial charge in [0.15, 0.2) is 5.65 Å². The lowest BCUT2D eigenvalue weighted by molar-refractivity contribution is 0.709. The van der Waals surface area contributed by atoms with Crippen molar-refractivity contribution >= 4 is 24.0 Å². The molecular formula is C7H9N5O3S. The molecule has 0 aromatic carbocycles. The van der Waals surface area contributed by atoms with E-state index in [2.05, 4.69) is 22.8 Å². The molecule has 0 radical (unpaired) electrons. The van der Waals surface area contributed by atoms with E-state index in [9.17, 15) is 9.59 Å². The van der Waals surface area contributed by atoms with Crippen LogP contribution in [0, 0.1) is 4.91 Å². The SMILES string of the molecule is Cn1c(=O)c2[nH]cnc2n(C)c1=O.O=NS. The van der Waals surface area contributed by atoms with E-state index in [0.717, 1.165) is 4.57 Å². The predicted molar refractivity (Wildman–Crippen MR) is 61.4 cm³/mol. The van der Waals surface area contributed by atoms with Gasteiger partial charge in [-0.1, -0.05) is 0 Å². The quantitative estimate of drug-likeness (QED) is 0.483. The Labute approximate surface area is 94.4 Å². The number of imidazole rings is 1. The van der Waals surface area contributed by atoms with Gasteiger partial charge in [-0.15, -0.1) is 4.91 Å². The first kappa shape index (κ1) is 12.2. The fourth-order valence-corrected chi connectivity index (χ4v) is 1.27. The van der Waals surface area contributed by atoms with Crippen molar-refractivity contribution in [2.24, 2.45) is 18.7 Å². The van der Waals surface area contributed by atoms with Gasteiger partial charge in [-0.2, -0.15) is 0 Å². The fourth-order valence-electron chi connectivity index (χ4n) is 1.27. The molecule has 16 heavy (non-hydrogen) atoms. The van der Waals surface area contributed by atoms with Crippen LogP contribution in [0.25, 0.3) is 11.2 Å². The van der Waals surface area contributed by atoms with Crippen molar-refractivity contribution in [2.75, 3.05) is 0 Å². The third kappa shape index (κ3) is 1.89. The summed E-state index contributed by atoms with van der Waals surface area (Å²) in [6.07, 6.45) is 1.39. The summed E-state index contributed by atoms with van der Waals surface area (Å²) in [5.74, 6) is 0. The van der Waals surface area contributed by atoms with Crippen LogP contribution >= 0.6 is 12.8 Å². The first-order chi connectivity index (χ1) is 7.54. The molecule has 2 aromatic heterocycles. The van der Waals surface area contributed by atoms with Gasteiger partial charge in [-0.25, -0.2) is 9.78 Å². The van der Waals surface area contributed by atoms with Crippen LogP contribution in [0.2, 0.25) is 0 Å². The van der Waals surface area contributed by atoms with E-state index in [-0.39, 0.29) is 11.2 Å². The zero-order chi connectivity index (χ0) is 12.3. The maximum absolute atomic E-state index is 11.4. The van der Waals surface area contributed by atoms with Crippen LogP contribution in [0.3, 0.4) is 0 Å². The Morgan fingerprint density at radius 1 is 1.38 bits per heavy atom. The van der Waals surface area contributed by atoms with Crippen LogP contribution in [-0.4, -0.2) is 19.1 Å². The van der Waals surface area contributed by atoms with Gasteiger partial charge >= 0.3 is 5.69 Å². The minimum atomic E-state index is -0.371. The predicted octanol–water partition coefficient (Wildman–Crippen LogP) is -0.442. The van der Waals surface area contributed by atoms with Crippen LogP contribution in [-0.2, 0) is 14.1 Å². The summed E-state index contributed by atoms with van der Waals surface area (Å²) in [5, 5.41) is 0. The zero-order valence-electron chi connectivity index (χ0n) is 8.54. The molecule has 0 aliphatic heterocycles. The Hall–Kier alpha value is -1.90. The highest BCUT2D eigenvalue weighted by Gasteiger charge is 2.08. The molecule has 2 heterocycles. The third-order valence-electron chi connectivity index (χ3n) is 2.03. The molecule has 0 bridgehead atoms. The van der Waals surface area contributed by atoms with E-state index < -0.39 is 0 Å². The molecule has 2 aromatic rings. The van der Waals surface area contributed by atoms with Crippen molar-refractivity contribution in [3.63, 3.8) is 0 Å². The van der Waals surface area contributed by atoms with Gasteiger partial charge in [0.05, 0.1) is 6.33 Å². The Morgan fingerprint density at radius 3 is 2.50 bits per heavy atom. The summed E-state index contributed by atoms with van der Waals surface area (Å²) >= 11 is 2.86. The Balaban J connectivity index is 0.000000386. The third-order valence-corrected chi connectivity index (χ3v) is 2.03. The molecule has 86 valence electrons. The molecular weight excluding hydrogens is 234 g/mol.